The summed E-state index contributed by atoms with van der Waals surface area (Å²) < 4.78 is 4.99. The van der Waals surface area contributed by atoms with Gasteiger partial charge in [0.2, 0.25) is 0 Å². The summed E-state index contributed by atoms with van der Waals surface area (Å²) in [5, 5.41) is 10.1. The molecule has 6 heteroatoms. The Morgan fingerprint density at radius 3 is 2.78 bits per heavy atom. The highest BCUT2D eigenvalue weighted by Crippen LogP contribution is 2.17. The Labute approximate surface area is 142 Å². The fourth-order valence-electron chi connectivity index (χ4n) is 2.01. The summed E-state index contributed by atoms with van der Waals surface area (Å²) in [6, 6.07) is 12.0. The van der Waals surface area contributed by atoms with Crippen molar-refractivity contribution in [1.82, 2.24) is 10.3 Å². The maximum absolute atomic E-state index is 5.23. The van der Waals surface area contributed by atoms with E-state index < -0.39 is 0 Å². The minimum absolute atomic E-state index is 0.585. The molecule has 0 bridgehead atoms. The largest absolute Gasteiger partial charge is 0.385 e. The van der Waals surface area contributed by atoms with Crippen LogP contribution in [0.1, 0.15) is 12.0 Å². The van der Waals surface area contributed by atoms with Gasteiger partial charge in [-0.05, 0) is 55.4 Å². The lowest BCUT2D eigenvalue weighted by atomic mass is 10.2. The molecule has 0 radical (unpaired) electrons. The molecule has 2 aromatic rings. The number of thiocarbonyl (C=S) groups is 1. The summed E-state index contributed by atoms with van der Waals surface area (Å²) >= 11 is 5.23. The van der Waals surface area contributed by atoms with Crippen LogP contribution in [0.4, 0.5) is 17.2 Å². The summed E-state index contributed by atoms with van der Waals surface area (Å²) in [4.78, 5) is 4.39. The molecule has 1 aromatic heterocycles. The normalized spacial score (nSPS) is 10.2. The predicted molar refractivity (Wildman–Crippen MR) is 99.4 cm³/mol. The molecule has 1 heterocycles. The number of aryl methyl sites for hydroxylation is 1. The average molecular weight is 330 g/mol. The molecule has 0 saturated heterocycles. The fraction of sp³-hybridized carbons (Fsp3) is 0.294. The number of nitrogens with zero attached hydrogens (tertiary/aromatic N) is 1. The summed E-state index contributed by atoms with van der Waals surface area (Å²) in [5.74, 6) is 0.792. The Balaban J connectivity index is 1.83. The van der Waals surface area contributed by atoms with E-state index in [-0.39, 0.29) is 0 Å². The highest BCUT2D eigenvalue weighted by Gasteiger charge is 2.00. The van der Waals surface area contributed by atoms with Crippen LogP contribution in [-0.4, -0.2) is 30.4 Å². The number of methoxy groups -OCH3 is 1. The van der Waals surface area contributed by atoms with Crippen molar-refractivity contribution in [3.8, 4) is 0 Å². The molecule has 1 aromatic carbocycles. The number of nitrogens with one attached hydrogen (secondary N) is 3. The molecule has 0 aliphatic heterocycles. The molecule has 0 unspecified atom stereocenters. The minimum Gasteiger partial charge on any atom is -0.385 e. The van der Waals surface area contributed by atoms with E-state index in [0.29, 0.717) is 5.11 Å². The van der Waals surface area contributed by atoms with E-state index >= 15 is 0 Å². The molecular formula is C17H22N4OS. The van der Waals surface area contributed by atoms with E-state index in [1.165, 1.54) is 5.56 Å². The number of pyridine rings is 1. The second-order valence-electron chi connectivity index (χ2n) is 5.15. The number of anilines is 3. The first-order chi connectivity index (χ1) is 11.2. The van der Waals surface area contributed by atoms with Gasteiger partial charge in [-0.3, -0.25) is 0 Å². The molecular weight excluding hydrogens is 308 g/mol. The number of hydrogen-bond donors (Lipinski definition) is 3. The molecule has 0 atom stereocenters. The summed E-state index contributed by atoms with van der Waals surface area (Å²) in [7, 11) is 1.69. The quantitative estimate of drug-likeness (QED) is 0.534. The van der Waals surface area contributed by atoms with Gasteiger partial charge >= 0.3 is 0 Å². The molecule has 3 N–H and O–H groups in total. The Hall–Kier alpha value is -2.18. The van der Waals surface area contributed by atoms with E-state index in [1.807, 2.05) is 24.3 Å². The minimum atomic E-state index is 0.585. The molecule has 0 aliphatic rings. The van der Waals surface area contributed by atoms with E-state index in [2.05, 4.69) is 40.0 Å². The Kier molecular flexibility index (Phi) is 6.77. The topological polar surface area (TPSA) is 58.2 Å². The number of rotatable bonds is 7. The molecule has 2 rings (SSSR count). The van der Waals surface area contributed by atoms with Gasteiger partial charge in [0.15, 0.2) is 5.11 Å². The molecule has 0 spiro atoms. The van der Waals surface area contributed by atoms with Crippen LogP contribution < -0.4 is 16.0 Å². The molecule has 23 heavy (non-hydrogen) atoms. The third-order valence-electron chi connectivity index (χ3n) is 3.12. The van der Waals surface area contributed by atoms with Crippen molar-refractivity contribution in [3.05, 3.63) is 48.2 Å². The van der Waals surface area contributed by atoms with Crippen LogP contribution in [0.15, 0.2) is 42.6 Å². The van der Waals surface area contributed by atoms with Crippen LogP contribution in [0.25, 0.3) is 0 Å². The van der Waals surface area contributed by atoms with Crippen LogP contribution in [0.2, 0.25) is 0 Å². The number of benzene rings is 1. The van der Waals surface area contributed by atoms with E-state index in [0.717, 1.165) is 36.8 Å². The molecule has 122 valence electrons. The number of ether oxygens (including phenoxy) is 1. The predicted octanol–water partition coefficient (Wildman–Crippen LogP) is 3.46. The fourth-order valence-corrected chi connectivity index (χ4v) is 2.23. The van der Waals surface area contributed by atoms with Gasteiger partial charge in [0.25, 0.3) is 0 Å². The first kappa shape index (κ1) is 17.2. The molecule has 0 fully saturated rings. The van der Waals surface area contributed by atoms with Crippen molar-refractivity contribution in [2.75, 3.05) is 30.9 Å². The molecule has 0 aliphatic carbocycles. The van der Waals surface area contributed by atoms with Gasteiger partial charge < -0.3 is 20.7 Å². The average Bonchev–Trinajstić information content (AvgIpc) is 2.54. The molecule has 0 amide bonds. The van der Waals surface area contributed by atoms with Gasteiger partial charge in [0.1, 0.15) is 5.82 Å². The second-order valence-corrected chi connectivity index (χ2v) is 5.56. The lowest BCUT2D eigenvalue weighted by molar-refractivity contribution is 0.196. The van der Waals surface area contributed by atoms with Crippen LogP contribution in [-0.2, 0) is 4.74 Å². The number of hydrogen-bond acceptors (Lipinski definition) is 4. The van der Waals surface area contributed by atoms with Crippen LogP contribution in [0, 0.1) is 6.92 Å². The Bertz CT molecular complexity index is 631. The van der Waals surface area contributed by atoms with Gasteiger partial charge in [-0.1, -0.05) is 12.1 Å². The van der Waals surface area contributed by atoms with E-state index in [1.54, 1.807) is 13.3 Å². The Morgan fingerprint density at radius 2 is 2.09 bits per heavy atom. The third kappa shape index (κ3) is 6.22. The lowest BCUT2D eigenvalue weighted by Crippen LogP contribution is -2.29. The standard InChI is InChI=1S/C17H22N4OS/c1-13-5-3-6-14(11-13)20-16-8-7-15(12-19-16)21-17(23)18-9-4-10-22-2/h3,5-8,11-12H,4,9-10H2,1-2H3,(H,19,20)(H2,18,21,23). The third-order valence-corrected chi connectivity index (χ3v) is 3.37. The van der Waals surface area contributed by atoms with Gasteiger partial charge in [-0.2, -0.15) is 0 Å². The maximum Gasteiger partial charge on any atom is 0.170 e. The Morgan fingerprint density at radius 1 is 1.22 bits per heavy atom. The van der Waals surface area contributed by atoms with Crippen LogP contribution in [0.3, 0.4) is 0 Å². The second kappa shape index (κ2) is 9.07. The van der Waals surface area contributed by atoms with Crippen molar-refractivity contribution in [2.24, 2.45) is 0 Å². The smallest absolute Gasteiger partial charge is 0.170 e. The summed E-state index contributed by atoms with van der Waals surface area (Å²) in [6.07, 6.45) is 2.66. The van der Waals surface area contributed by atoms with Crippen molar-refractivity contribution in [3.63, 3.8) is 0 Å². The van der Waals surface area contributed by atoms with E-state index in [4.69, 9.17) is 17.0 Å². The monoisotopic (exact) mass is 330 g/mol. The number of aromatic nitrogens is 1. The first-order valence-corrected chi connectivity index (χ1v) is 7.92. The van der Waals surface area contributed by atoms with Crippen molar-refractivity contribution in [2.45, 2.75) is 13.3 Å². The zero-order valence-corrected chi connectivity index (χ0v) is 14.2. The van der Waals surface area contributed by atoms with Crippen LogP contribution >= 0.6 is 12.2 Å². The van der Waals surface area contributed by atoms with Crippen molar-refractivity contribution < 1.29 is 4.74 Å². The van der Waals surface area contributed by atoms with Crippen molar-refractivity contribution >= 4 is 34.5 Å². The van der Waals surface area contributed by atoms with Gasteiger partial charge in [-0.15, -0.1) is 0 Å². The lowest BCUT2D eigenvalue weighted by Gasteiger charge is -2.11. The SMILES string of the molecule is COCCCNC(=S)Nc1ccc(Nc2cccc(C)c2)nc1. The molecule has 5 nitrogen and oxygen atoms in total. The highest BCUT2D eigenvalue weighted by atomic mass is 32.1. The molecule has 0 saturated carbocycles. The summed E-state index contributed by atoms with van der Waals surface area (Å²) in [5.41, 5.74) is 3.08. The van der Waals surface area contributed by atoms with E-state index in [9.17, 15) is 0 Å². The zero-order valence-electron chi connectivity index (χ0n) is 13.4. The summed E-state index contributed by atoms with van der Waals surface area (Å²) in [6.45, 7) is 3.56. The van der Waals surface area contributed by atoms with Gasteiger partial charge in [-0.25, -0.2) is 4.98 Å². The maximum atomic E-state index is 5.23. The van der Waals surface area contributed by atoms with Crippen LogP contribution in [0.5, 0.6) is 0 Å². The zero-order chi connectivity index (χ0) is 16.5. The first-order valence-electron chi connectivity index (χ1n) is 7.51. The van der Waals surface area contributed by atoms with Gasteiger partial charge in [0.05, 0.1) is 11.9 Å². The van der Waals surface area contributed by atoms with Crippen molar-refractivity contribution in [1.29, 1.82) is 0 Å². The highest BCUT2D eigenvalue weighted by molar-refractivity contribution is 7.80. The van der Waals surface area contributed by atoms with Gasteiger partial charge in [0, 0.05) is 25.9 Å².